The van der Waals surface area contributed by atoms with E-state index in [1.54, 1.807) is 22.0 Å². The second-order valence-corrected chi connectivity index (χ2v) is 11.6. The van der Waals surface area contributed by atoms with Gasteiger partial charge >= 0.3 is 5.69 Å². The van der Waals surface area contributed by atoms with E-state index in [1.165, 1.54) is 5.56 Å². The molecule has 6 atom stereocenters. The third kappa shape index (κ3) is 4.75. The second kappa shape index (κ2) is 10.3. The monoisotopic (exact) mass is 513 g/mol. The number of hydrogen-bond acceptors (Lipinski definition) is 7. The molecule has 3 fully saturated rings. The molecule has 0 bridgehead atoms. The molecule has 0 spiro atoms. The van der Waals surface area contributed by atoms with Crippen molar-refractivity contribution < 1.29 is 13.8 Å². The van der Waals surface area contributed by atoms with E-state index in [4.69, 9.17) is 13.8 Å². The van der Waals surface area contributed by atoms with Crippen molar-refractivity contribution in [2.45, 2.75) is 76.5 Å². The van der Waals surface area contributed by atoms with Crippen molar-refractivity contribution in [2.24, 2.45) is 4.99 Å². The number of hydrogen-bond donors (Lipinski definition) is 0. The van der Waals surface area contributed by atoms with Crippen LogP contribution >= 0.6 is 8.53 Å². The molecule has 1 aromatic heterocycles. The van der Waals surface area contributed by atoms with Crippen molar-refractivity contribution in [1.29, 1.82) is 0 Å². The molecule has 10 heteroatoms. The number of rotatable bonds is 7. The minimum atomic E-state index is -1.23. The van der Waals surface area contributed by atoms with Crippen molar-refractivity contribution in [3.05, 3.63) is 58.1 Å². The quantitative estimate of drug-likeness (QED) is 0.307. The molecule has 3 saturated heterocycles. The molecule has 36 heavy (non-hydrogen) atoms. The van der Waals surface area contributed by atoms with E-state index in [1.807, 2.05) is 27.1 Å². The van der Waals surface area contributed by atoms with E-state index in [-0.39, 0.29) is 17.9 Å². The highest BCUT2D eigenvalue weighted by Crippen LogP contribution is 2.64. The summed E-state index contributed by atoms with van der Waals surface area (Å²) in [5.41, 5.74) is 1.24. The highest BCUT2D eigenvalue weighted by Gasteiger charge is 2.56. The number of fused-ring (bicyclic) bond motifs is 1. The Labute approximate surface area is 214 Å². The normalized spacial score (nSPS) is 32.4. The number of aromatic nitrogens is 2. The molecule has 2 aromatic rings. The highest BCUT2D eigenvalue weighted by molar-refractivity contribution is 7.45. The lowest BCUT2D eigenvalue weighted by Crippen LogP contribution is -2.36. The minimum absolute atomic E-state index is 0.121. The molecule has 3 aliphatic heterocycles. The van der Waals surface area contributed by atoms with E-state index in [2.05, 4.69) is 52.8 Å². The Hall–Kier alpha value is -2.16. The zero-order valence-corrected chi connectivity index (χ0v) is 22.6. The Morgan fingerprint density at radius 2 is 2.11 bits per heavy atom. The second-order valence-electron chi connectivity index (χ2n) is 10.2. The van der Waals surface area contributed by atoms with E-state index in [0.717, 1.165) is 31.4 Å². The molecule has 0 amide bonds. The van der Waals surface area contributed by atoms with Crippen LogP contribution in [0.2, 0.25) is 0 Å². The van der Waals surface area contributed by atoms with Crippen molar-refractivity contribution in [2.75, 3.05) is 20.6 Å². The molecular weight excluding hydrogens is 477 g/mol. The topological polar surface area (TPSA) is 81.4 Å². The Morgan fingerprint density at radius 1 is 1.33 bits per heavy atom. The van der Waals surface area contributed by atoms with E-state index in [0.29, 0.717) is 18.3 Å². The first-order valence-electron chi connectivity index (χ1n) is 12.7. The van der Waals surface area contributed by atoms with E-state index < -0.39 is 20.4 Å². The molecule has 194 valence electrons. The fourth-order valence-corrected chi connectivity index (χ4v) is 7.55. The summed E-state index contributed by atoms with van der Waals surface area (Å²) >= 11 is 0. The molecule has 1 aromatic carbocycles. The Morgan fingerprint density at radius 3 is 2.83 bits per heavy atom. The fourth-order valence-electron chi connectivity index (χ4n) is 5.40. The van der Waals surface area contributed by atoms with Gasteiger partial charge in [-0.1, -0.05) is 37.3 Å². The van der Waals surface area contributed by atoms with Gasteiger partial charge in [-0.15, -0.1) is 0 Å². The van der Waals surface area contributed by atoms with Crippen LogP contribution in [0.25, 0.3) is 0 Å². The summed E-state index contributed by atoms with van der Waals surface area (Å²) in [7, 11) is 2.52. The van der Waals surface area contributed by atoms with Crippen molar-refractivity contribution in [3.8, 4) is 0 Å². The summed E-state index contributed by atoms with van der Waals surface area (Å²) in [6.45, 7) is 7.16. The molecule has 9 nitrogen and oxygen atoms in total. The van der Waals surface area contributed by atoms with Gasteiger partial charge in [0.05, 0.1) is 24.6 Å². The first-order chi connectivity index (χ1) is 17.3. The van der Waals surface area contributed by atoms with Crippen LogP contribution in [-0.4, -0.2) is 64.3 Å². The average Bonchev–Trinajstić information content (AvgIpc) is 3.57. The summed E-state index contributed by atoms with van der Waals surface area (Å²) in [5, 5.41) is 0. The molecule has 0 N–H and O–H groups in total. The van der Waals surface area contributed by atoms with Crippen molar-refractivity contribution >= 4 is 20.7 Å². The van der Waals surface area contributed by atoms with Gasteiger partial charge in [-0.3, -0.25) is 4.57 Å². The lowest BCUT2D eigenvalue weighted by atomic mass is 9.87. The van der Waals surface area contributed by atoms with Gasteiger partial charge in [-0.05, 0) is 38.7 Å². The van der Waals surface area contributed by atoms with Crippen LogP contribution in [0.15, 0.2) is 46.3 Å². The Balaban J connectivity index is 1.34. The largest absolute Gasteiger partial charge is 0.369 e. The van der Waals surface area contributed by atoms with Gasteiger partial charge in [0.15, 0.2) is 5.82 Å². The molecule has 1 unspecified atom stereocenters. The van der Waals surface area contributed by atoms with Gasteiger partial charge in [-0.25, -0.2) is 14.5 Å². The van der Waals surface area contributed by atoms with Gasteiger partial charge in [0, 0.05) is 38.8 Å². The van der Waals surface area contributed by atoms with Gasteiger partial charge in [-0.2, -0.15) is 4.98 Å². The summed E-state index contributed by atoms with van der Waals surface area (Å²) in [6, 6.07) is 10.8. The van der Waals surface area contributed by atoms with Crippen LogP contribution in [0.1, 0.15) is 56.9 Å². The standard InChI is InChI=1S/C26H36N5O4P/c1-6-20-21(15-23(33-20)30-16-18(2)24(28-25(30)32)27-17-29(4)5)34-36-31-14-10-13-22(31)26(3,35-36)19-11-8-7-9-12-19/h7-9,11-12,16-17,20-23H,6,10,13-15H2,1-5H3/t20-,21?,22-,23-,26+,36-/m1/s1. The van der Waals surface area contributed by atoms with Gasteiger partial charge in [0.2, 0.25) is 0 Å². The maximum atomic E-state index is 12.9. The Kier molecular flexibility index (Phi) is 7.30. The van der Waals surface area contributed by atoms with Crippen LogP contribution in [0.5, 0.6) is 0 Å². The maximum absolute atomic E-state index is 12.9. The molecule has 3 aliphatic rings. The summed E-state index contributed by atoms with van der Waals surface area (Å²) in [6.07, 6.45) is 6.31. The molecule has 4 heterocycles. The number of aryl methyl sites for hydroxylation is 1. The summed E-state index contributed by atoms with van der Waals surface area (Å²) in [5.74, 6) is 0.422. The number of benzene rings is 1. The minimum Gasteiger partial charge on any atom is -0.369 e. The molecule has 5 rings (SSSR count). The van der Waals surface area contributed by atoms with Crippen LogP contribution in [0, 0.1) is 6.92 Å². The lowest BCUT2D eigenvalue weighted by molar-refractivity contribution is -0.0198. The molecule has 0 radical (unpaired) electrons. The molecule has 0 aliphatic carbocycles. The molecule has 0 saturated carbocycles. The van der Waals surface area contributed by atoms with Crippen LogP contribution < -0.4 is 5.69 Å². The van der Waals surface area contributed by atoms with Gasteiger partial charge in [0.1, 0.15) is 11.8 Å². The third-order valence-electron chi connectivity index (χ3n) is 7.32. The smallest absolute Gasteiger partial charge is 0.351 e. The summed E-state index contributed by atoms with van der Waals surface area (Å²) in [4.78, 5) is 23.2. The number of aliphatic imine (C=N–C) groups is 1. The first-order valence-corrected chi connectivity index (χ1v) is 13.9. The summed E-state index contributed by atoms with van der Waals surface area (Å²) < 4.78 is 23.7. The number of ether oxygens (including phenoxy) is 1. The van der Waals surface area contributed by atoms with Crippen LogP contribution in [0.4, 0.5) is 5.82 Å². The van der Waals surface area contributed by atoms with Crippen molar-refractivity contribution in [3.63, 3.8) is 0 Å². The van der Waals surface area contributed by atoms with E-state index in [9.17, 15) is 4.79 Å². The number of nitrogens with zero attached hydrogens (tertiary/aromatic N) is 5. The maximum Gasteiger partial charge on any atom is 0.351 e. The predicted molar refractivity (Wildman–Crippen MR) is 140 cm³/mol. The molecular formula is C26H36N5O4P. The highest BCUT2D eigenvalue weighted by atomic mass is 31.2. The lowest BCUT2D eigenvalue weighted by Gasteiger charge is -2.29. The van der Waals surface area contributed by atoms with Gasteiger partial charge in [0.25, 0.3) is 8.53 Å². The fraction of sp³-hybridized carbons (Fsp3) is 0.577. The van der Waals surface area contributed by atoms with Crippen LogP contribution in [-0.2, 0) is 19.4 Å². The first kappa shape index (κ1) is 25.5. The SMILES string of the molecule is CC[C@H]1O[C@@H](n2cc(C)c(N=CN(C)C)nc2=O)CC1O[P@]1O[C@@](C)(c2ccccc2)[C@H]2CCCN21. The predicted octanol–water partition coefficient (Wildman–Crippen LogP) is 4.49. The van der Waals surface area contributed by atoms with Crippen LogP contribution in [0.3, 0.4) is 0 Å². The van der Waals surface area contributed by atoms with Gasteiger partial charge < -0.3 is 18.7 Å². The third-order valence-corrected chi connectivity index (χ3v) is 9.21. The zero-order valence-electron chi connectivity index (χ0n) is 21.7. The van der Waals surface area contributed by atoms with Crippen molar-refractivity contribution in [1.82, 2.24) is 19.1 Å². The van der Waals surface area contributed by atoms with E-state index >= 15 is 0 Å². The Bertz CT molecular complexity index is 1160. The average molecular weight is 514 g/mol. The zero-order chi connectivity index (χ0) is 25.4.